The van der Waals surface area contributed by atoms with Crippen molar-refractivity contribution in [3.05, 3.63) is 42.0 Å². The van der Waals surface area contributed by atoms with E-state index in [0.717, 1.165) is 5.82 Å². The van der Waals surface area contributed by atoms with Gasteiger partial charge in [0.1, 0.15) is 17.3 Å². The molecule has 0 saturated carbocycles. The number of rotatable bonds is 5. The van der Waals surface area contributed by atoms with Gasteiger partial charge in [-0.3, -0.25) is 4.79 Å². The summed E-state index contributed by atoms with van der Waals surface area (Å²) in [6.45, 7) is 0.404. The van der Waals surface area contributed by atoms with Crippen molar-refractivity contribution in [2.75, 3.05) is 21.3 Å². The van der Waals surface area contributed by atoms with Gasteiger partial charge in [0.25, 0.3) is 5.91 Å². The van der Waals surface area contributed by atoms with E-state index >= 15 is 0 Å². The average Bonchev–Trinajstić information content (AvgIpc) is 2.98. The number of hydrogen-bond donors (Lipinski definition) is 1. The summed E-state index contributed by atoms with van der Waals surface area (Å²) < 4.78 is 10.4. The lowest BCUT2D eigenvalue weighted by Crippen LogP contribution is -2.27. The number of aromatic amines is 1. The molecule has 0 atom stereocenters. The molecule has 1 aromatic carbocycles. The summed E-state index contributed by atoms with van der Waals surface area (Å²) in [6.07, 6.45) is 3.38. The molecule has 6 nitrogen and oxygen atoms in total. The van der Waals surface area contributed by atoms with E-state index in [1.807, 2.05) is 0 Å². The van der Waals surface area contributed by atoms with E-state index in [9.17, 15) is 4.79 Å². The van der Waals surface area contributed by atoms with Crippen LogP contribution >= 0.6 is 0 Å². The highest BCUT2D eigenvalue weighted by Gasteiger charge is 2.18. The highest BCUT2D eigenvalue weighted by molar-refractivity contribution is 5.97. The van der Waals surface area contributed by atoms with Crippen LogP contribution in [0.4, 0.5) is 0 Å². The summed E-state index contributed by atoms with van der Waals surface area (Å²) >= 11 is 0. The Labute approximate surface area is 117 Å². The molecule has 6 heteroatoms. The maximum Gasteiger partial charge on any atom is 0.257 e. The number of hydrogen-bond acceptors (Lipinski definition) is 4. The Balaban J connectivity index is 2.19. The van der Waals surface area contributed by atoms with Crippen molar-refractivity contribution in [3.8, 4) is 11.5 Å². The smallest absolute Gasteiger partial charge is 0.257 e. The Morgan fingerprint density at radius 2 is 2.15 bits per heavy atom. The molecule has 0 radical (unpaired) electrons. The zero-order chi connectivity index (χ0) is 14.5. The van der Waals surface area contributed by atoms with Gasteiger partial charge in [-0.1, -0.05) is 0 Å². The molecule has 0 fully saturated rings. The molecule has 0 bridgehead atoms. The number of carbonyl (C=O) groups is 1. The van der Waals surface area contributed by atoms with E-state index in [0.29, 0.717) is 23.6 Å². The van der Waals surface area contributed by atoms with Crippen molar-refractivity contribution in [2.45, 2.75) is 6.54 Å². The number of aromatic nitrogens is 2. The van der Waals surface area contributed by atoms with Gasteiger partial charge >= 0.3 is 0 Å². The monoisotopic (exact) mass is 275 g/mol. The molecule has 0 spiro atoms. The number of H-pyrrole nitrogens is 1. The molecule has 20 heavy (non-hydrogen) atoms. The van der Waals surface area contributed by atoms with Crippen LogP contribution < -0.4 is 9.47 Å². The highest BCUT2D eigenvalue weighted by Crippen LogP contribution is 2.25. The third kappa shape index (κ3) is 2.90. The Kier molecular flexibility index (Phi) is 4.24. The molecule has 2 rings (SSSR count). The molecule has 1 heterocycles. The van der Waals surface area contributed by atoms with E-state index in [4.69, 9.17) is 9.47 Å². The Morgan fingerprint density at radius 1 is 1.35 bits per heavy atom. The molecule has 2 aromatic rings. The molecule has 0 saturated heterocycles. The van der Waals surface area contributed by atoms with Gasteiger partial charge in [0, 0.05) is 25.5 Å². The number of ether oxygens (including phenoxy) is 2. The third-order valence-electron chi connectivity index (χ3n) is 2.93. The second-order valence-corrected chi connectivity index (χ2v) is 4.26. The zero-order valence-corrected chi connectivity index (χ0v) is 11.7. The van der Waals surface area contributed by atoms with Crippen LogP contribution in [-0.2, 0) is 6.54 Å². The maximum absolute atomic E-state index is 12.4. The minimum atomic E-state index is -0.138. The first-order chi connectivity index (χ1) is 9.65. The van der Waals surface area contributed by atoms with Crippen LogP contribution in [0.2, 0.25) is 0 Å². The Morgan fingerprint density at radius 3 is 2.75 bits per heavy atom. The summed E-state index contributed by atoms with van der Waals surface area (Å²) in [5.41, 5.74) is 0.488. The van der Waals surface area contributed by atoms with Crippen LogP contribution in [0.3, 0.4) is 0 Å². The van der Waals surface area contributed by atoms with Gasteiger partial charge in [-0.15, -0.1) is 0 Å². The van der Waals surface area contributed by atoms with Gasteiger partial charge in [0.15, 0.2) is 0 Å². The van der Waals surface area contributed by atoms with Gasteiger partial charge in [-0.2, -0.15) is 0 Å². The number of imidazole rings is 1. The normalized spacial score (nSPS) is 10.2. The number of nitrogens with zero attached hydrogens (tertiary/aromatic N) is 2. The van der Waals surface area contributed by atoms with E-state index in [2.05, 4.69) is 9.97 Å². The van der Waals surface area contributed by atoms with E-state index in [-0.39, 0.29) is 5.91 Å². The first kappa shape index (κ1) is 13.9. The number of nitrogens with one attached hydrogen (secondary N) is 1. The third-order valence-corrected chi connectivity index (χ3v) is 2.93. The molecule has 0 aliphatic heterocycles. The van der Waals surface area contributed by atoms with Crippen LogP contribution in [-0.4, -0.2) is 42.0 Å². The summed E-state index contributed by atoms with van der Waals surface area (Å²) in [6, 6.07) is 5.11. The molecule has 106 valence electrons. The lowest BCUT2D eigenvalue weighted by Gasteiger charge is -2.18. The average molecular weight is 275 g/mol. The number of amides is 1. The van der Waals surface area contributed by atoms with Crippen LogP contribution in [0.1, 0.15) is 16.2 Å². The zero-order valence-electron chi connectivity index (χ0n) is 11.7. The van der Waals surface area contributed by atoms with Gasteiger partial charge in [0.05, 0.1) is 26.3 Å². The summed E-state index contributed by atoms with van der Waals surface area (Å²) in [4.78, 5) is 21.1. The highest BCUT2D eigenvalue weighted by atomic mass is 16.5. The van der Waals surface area contributed by atoms with Crippen molar-refractivity contribution in [2.24, 2.45) is 0 Å². The number of benzene rings is 1. The quantitative estimate of drug-likeness (QED) is 0.901. The van der Waals surface area contributed by atoms with Crippen LogP contribution in [0.5, 0.6) is 11.5 Å². The van der Waals surface area contributed by atoms with Crippen molar-refractivity contribution in [3.63, 3.8) is 0 Å². The lowest BCUT2D eigenvalue weighted by atomic mass is 10.1. The molecule has 0 aliphatic rings. The molecule has 0 unspecified atom stereocenters. The SMILES string of the molecule is COc1ccc(C(=O)N(C)Cc2ncc[nH]2)c(OC)c1. The van der Waals surface area contributed by atoms with E-state index in [1.165, 1.54) is 7.11 Å². The van der Waals surface area contributed by atoms with E-state index in [1.54, 1.807) is 49.7 Å². The summed E-state index contributed by atoms with van der Waals surface area (Å²) in [5, 5.41) is 0. The molecular weight excluding hydrogens is 258 g/mol. The fraction of sp³-hybridized carbons (Fsp3) is 0.286. The van der Waals surface area contributed by atoms with Crippen LogP contribution in [0.15, 0.2) is 30.6 Å². The fourth-order valence-corrected chi connectivity index (χ4v) is 1.86. The van der Waals surface area contributed by atoms with E-state index < -0.39 is 0 Å². The van der Waals surface area contributed by atoms with Crippen molar-refractivity contribution >= 4 is 5.91 Å². The standard InChI is InChI=1S/C14H17N3O3/c1-17(9-13-15-6-7-16-13)14(18)11-5-4-10(19-2)8-12(11)20-3/h4-8H,9H2,1-3H3,(H,15,16). The maximum atomic E-state index is 12.4. The van der Waals surface area contributed by atoms with Crippen molar-refractivity contribution in [1.29, 1.82) is 0 Å². The minimum absolute atomic E-state index is 0.138. The topological polar surface area (TPSA) is 67.5 Å². The summed E-state index contributed by atoms with van der Waals surface area (Å²) in [7, 11) is 4.81. The number of methoxy groups -OCH3 is 2. The fourth-order valence-electron chi connectivity index (χ4n) is 1.86. The van der Waals surface area contributed by atoms with Crippen molar-refractivity contribution in [1.82, 2.24) is 14.9 Å². The minimum Gasteiger partial charge on any atom is -0.497 e. The first-order valence-electron chi connectivity index (χ1n) is 6.11. The van der Waals surface area contributed by atoms with Crippen LogP contribution in [0, 0.1) is 0 Å². The molecule has 1 aromatic heterocycles. The molecular formula is C14H17N3O3. The van der Waals surface area contributed by atoms with Gasteiger partial charge in [-0.05, 0) is 12.1 Å². The Hall–Kier alpha value is -2.50. The molecule has 1 amide bonds. The predicted molar refractivity (Wildman–Crippen MR) is 73.9 cm³/mol. The summed E-state index contributed by atoms with van der Waals surface area (Å²) in [5.74, 6) is 1.72. The van der Waals surface area contributed by atoms with Gasteiger partial charge in [-0.25, -0.2) is 4.98 Å². The second kappa shape index (κ2) is 6.10. The second-order valence-electron chi connectivity index (χ2n) is 4.26. The predicted octanol–water partition coefficient (Wildman–Crippen LogP) is 1.70. The van der Waals surface area contributed by atoms with Crippen LogP contribution in [0.25, 0.3) is 0 Å². The first-order valence-corrected chi connectivity index (χ1v) is 6.11. The van der Waals surface area contributed by atoms with Gasteiger partial charge < -0.3 is 19.4 Å². The van der Waals surface area contributed by atoms with Crippen molar-refractivity contribution < 1.29 is 14.3 Å². The molecule has 0 aliphatic carbocycles. The largest absolute Gasteiger partial charge is 0.497 e. The Bertz CT molecular complexity index is 581. The van der Waals surface area contributed by atoms with Gasteiger partial charge in [0.2, 0.25) is 0 Å². The molecule has 1 N–H and O–H groups in total. The number of carbonyl (C=O) groups excluding carboxylic acids is 1. The lowest BCUT2D eigenvalue weighted by molar-refractivity contribution is 0.0778.